The van der Waals surface area contributed by atoms with Crippen LogP contribution in [0, 0.1) is 5.92 Å². The smallest absolute Gasteiger partial charge is 0.343 e. The minimum atomic E-state index is -0.210. The summed E-state index contributed by atoms with van der Waals surface area (Å²) < 4.78 is 5.33. The molecular formula is C10H15IO2. The van der Waals surface area contributed by atoms with Crippen LogP contribution in [0.3, 0.4) is 0 Å². The van der Waals surface area contributed by atoms with E-state index in [1.54, 1.807) is 0 Å². The largest absolute Gasteiger partial charge is 0.465 e. The van der Waals surface area contributed by atoms with Gasteiger partial charge in [0.15, 0.2) is 0 Å². The molecule has 74 valence electrons. The monoisotopic (exact) mass is 294 g/mol. The van der Waals surface area contributed by atoms with Crippen LogP contribution in [0.25, 0.3) is 0 Å². The lowest BCUT2D eigenvalue weighted by Gasteiger charge is -2.04. The standard InChI is InChI=1S/C10H15IO2/c1-13-10(12)9(11)7-6-8-4-2-3-5-8/h7-8H,2-6H2,1H3/b9-7+. The maximum atomic E-state index is 11.0. The molecule has 1 aliphatic rings. The van der Waals surface area contributed by atoms with Crippen molar-refractivity contribution in [2.45, 2.75) is 32.1 Å². The van der Waals surface area contributed by atoms with Crippen LogP contribution in [0.4, 0.5) is 0 Å². The molecule has 0 atom stereocenters. The molecule has 3 heteroatoms. The van der Waals surface area contributed by atoms with Gasteiger partial charge in [-0.05, 0) is 34.9 Å². The van der Waals surface area contributed by atoms with Crippen molar-refractivity contribution in [3.8, 4) is 0 Å². The fourth-order valence-electron chi connectivity index (χ4n) is 1.70. The Bertz CT molecular complexity index is 205. The second-order valence-corrected chi connectivity index (χ2v) is 4.59. The fraction of sp³-hybridized carbons (Fsp3) is 0.700. The van der Waals surface area contributed by atoms with Crippen molar-refractivity contribution in [2.24, 2.45) is 5.92 Å². The van der Waals surface area contributed by atoms with Gasteiger partial charge in [-0.1, -0.05) is 31.8 Å². The van der Waals surface area contributed by atoms with Crippen LogP contribution in [-0.2, 0) is 9.53 Å². The zero-order chi connectivity index (χ0) is 9.68. The van der Waals surface area contributed by atoms with Gasteiger partial charge in [0.25, 0.3) is 0 Å². The Labute approximate surface area is 92.9 Å². The van der Waals surface area contributed by atoms with Gasteiger partial charge in [-0.15, -0.1) is 0 Å². The van der Waals surface area contributed by atoms with Gasteiger partial charge in [-0.2, -0.15) is 0 Å². The van der Waals surface area contributed by atoms with Gasteiger partial charge < -0.3 is 4.74 Å². The second-order valence-electron chi connectivity index (χ2n) is 3.43. The fourth-order valence-corrected chi connectivity index (χ4v) is 2.17. The first-order valence-electron chi connectivity index (χ1n) is 4.68. The van der Waals surface area contributed by atoms with Crippen molar-refractivity contribution in [3.63, 3.8) is 0 Å². The molecule has 1 fully saturated rings. The Hall–Kier alpha value is -0.0600. The summed E-state index contributed by atoms with van der Waals surface area (Å²) in [7, 11) is 1.42. The number of carbonyl (C=O) groups is 1. The molecule has 1 rings (SSSR count). The molecule has 0 aromatic carbocycles. The number of rotatable bonds is 3. The van der Waals surface area contributed by atoms with E-state index in [0.717, 1.165) is 12.3 Å². The lowest BCUT2D eigenvalue weighted by atomic mass is 10.0. The third kappa shape index (κ3) is 3.67. The van der Waals surface area contributed by atoms with Crippen molar-refractivity contribution in [1.29, 1.82) is 0 Å². The number of halogens is 1. The lowest BCUT2D eigenvalue weighted by molar-refractivity contribution is -0.135. The summed E-state index contributed by atoms with van der Waals surface area (Å²) in [6.07, 6.45) is 8.39. The Balaban J connectivity index is 2.33. The van der Waals surface area contributed by atoms with Crippen molar-refractivity contribution in [3.05, 3.63) is 9.66 Å². The molecular weight excluding hydrogens is 279 g/mol. The second kappa shape index (κ2) is 5.62. The molecule has 0 saturated heterocycles. The lowest BCUT2D eigenvalue weighted by Crippen LogP contribution is -2.00. The van der Waals surface area contributed by atoms with E-state index in [4.69, 9.17) is 0 Å². The van der Waals surface area contributed by atoms with E-state index in [2.05, 4.69) is 4.74 Å². The number of esters is 1. The molecule has 1 aliphatic carbocycles. The highest BCUT2D eigenvalue weighted by atomic mass is 127. The quantitative estimate of drug-likeness (QED) is 0.454. The molecule has 2 nitrogen and oxygen atoms in total. The summed E-state index contributed by atoms with van der Waals surface area (Å²) in [4.78, 5) is 11.0. The van der Waals surface area contributed by atoms with E-state index < -0.39 is 0 Å². The zero-order valence-corrected chi connectivity index (χ0v) is 10.0. The van der Waals surface area contributed by atoms with E-state index in [9.17, 15) is 4.79 Å². The van der Waals surface area contributed by atoms with E-state index in [0.29, 0.717) is 3.58 Å². The predicted molar refractivity (Wildman–Crippen MR) is 60.7 cm³/mol. The maximum absolute atomic E-state index is 11.0. The van der Waals surface area contributed by atoms with Crippen LogP contribution in [0.5, 0.6) is 0 Å². The number of carbonyl (C=O) groups excluding carboxylic acids is 1. The van der Waals surface area contributed by atoms with Gasteiger partial charge in [0.1, 0.15) is 0 Å². The van der Waals surface area contributed by atoms with Gasteiger partial charge >= 0.3 is 5.97 Å². The van der Waals surface area contributed by atoms with Crippen molar-refractivity contribution in [2.75, 3.05) is 7.11 Å². The van der Waals surface area contributed by atoms with Crippen LogP contribution in [0.1, 0.15) is 32.1 Å². The van der Waals surface area contributed by atoms with Crippen molar-refractivity contribution in [1.82, 2.24) is 0 Å². The highest BCUT2D eigenvalue weighted by Crippen LogP contribution is 2.28. The Morgan fingerprint density at radius 2 is 2.15 bits per heavy atom. The minimum Gasteiger partial charge on any atom is -0.465 e. The highest BCUT2D eigenvalue weighted by Gasteiger charge is 2.14. The SMILES string of the molecule is COC(=O)/C(I)=C\CC1CCCC1. The Kier molecular flexibility index (Phi) is 4.77. The summed E-state index contributed by atoms with van der Waals surface area (Å²) in [5.74, 6) is 0.591. The van der Waals surface area contributed by atoms with E-state index in [1.165, 1.54) is 32.8 Å². The van der Waals surface area contributed by atoms with Crippen LogP contribution >= 0.6 is 22.6 Å². The van der Waals surface area contributed by atoms with Gasteiger partial charge in [0, 0.05) is 0 Å². The van der Waals surface area contributed by atoms with Crippen molar-refractivity contribution >= 4 is 28.6 Å². The predicted octanol–water partition coefficient (Wildman–Crippen LogP) is 3.06. The number of ether oxygens (including phenoxy) is 1. The number of hydrogen-bond donors (Lipinski definition) is 0. The molecule has 0 N–H and O–H groups in total. The van der Waals surface area contributed by atoms with E-state index >= 15 is 0 Å². The minimum absolute atomic E-state index is 0.210. The van der Waals surface area contributed by atoms with Crippen LogP contribution in [0.15, 0.2) is 9.66 Å². The topological polar surface area (TPSA) is 26.3 Å². The molecule has 13 heavy (non-hydrogen) atoms. The summed E-state index contributed by atoms with van der Waals surface area (Å²) in [6.45, 7) is 0. The van der Waals surface area contributed by atoms with Gasteiger partial charge in [0.2, 0.25) is 0 Å². The van der Waals surface area contributed by atoms with Crippen molar-refractivity contribution < 1.29 is 9.53 Å². The van der Waals surface area contributed by atoms with E-state index in [-0.39, 0.29) is 5.97 Å². The molecule has 0 heterocycles. The number of hydrogen-bond acceptors (Lipinski definition) is 2. The molecule has 0 aromatic heterocycles. The molecule has 0 amide bonds. The molecule has 0 aliphatic heterocycles. The first-order chi connectivity index (χ1) is 6.24. The average Bonchev–Trinajstić information content (AvgIpc) is 2.65. The van der Waals surface area contributed by atoms with Crippen LogP contribution in [0.2, 0.25) is 0 Å². The molecule has 1 saturated carbocycles. The third-order valence-electron chi connectivity index (χ3n) is 2.49. The van der Waals surface area contributed by atoms with Crippen LogP contribution in [-0.4, -0.2) is 13.1 Å². The third-order valence-corrected chi connectivity index (χ3v) is 3.37. The van der Waals surface area contributed by atoms with Gasteiger partial charge in [0.05, 0.1) is 10.7 Å². The molecule has 0 bridgehead atoms. The van der Waals surface area contributed by atoms with Gasteiger partial charge in [-0.25, -0.2) is 4.79 Å². The van der Waals surface area contributed by atoms with Crippen LogP contribution < -0.4 is 0 Å². The number of allylic oxidation sites excluding steroid dienone is 1. The average molecular weight is 294 g/mol. The number of methoxy groups -OCH3 is 1. The summed E-state index contributed by atoms with van der Waals surface area (Å²) in [6, 6.07) is 0. The summed E-state index contributed by atoms with van der Waals surface area (Å²) in [5.41, 5.74) is 0. The zero-order valence-electron chi connectivity index (χ0n) is 7.88. The van der Waals surface area contributed by atoms with Gasteiger partial charge in [-0.3, -0.25) is 0 Å². The Morgan fingerprint density at radius 3 is 2.69 bits per heavy atom. The normalized spacial score (nSPS) is 19.1. The summed E-state index contributed by atoms with van der Waals surface area (Å²) >= 11 is 2.04. The first-order valence-corrected chi connectivity index (χ1v) is 5.76. The maximum Gasteiger partial charge on any atom is 0.343 e. The molecule has 0 spiro atoms. The molecule has 0 radical (unpaired) electrons. The van der Waals surface area contributed by atoms with E-state index in [1.807, 2.05) is 28.7 Å². The molecule has 0 unspecified atom stereocenters. The Morgan fingerprint density at radius 1 is 1.54 bits per heavy atom. The first kappa shape index (κ1) is 11.0. The highest BCUT2D eigenvalue weighted by molar-refractivity contribution is 14.1. The molecule has 0 aromatic rings. The summed E-state index contributed by atoms with van der Waals surface area (Å²) in [5, 5.41) is 0.